The molecule has 2 aromatic carbocycles. The van der Waals surface area contributed by atoms with Gasteiger partial charge < -0.3 is 10.2 Å². The highest BCUT2D eigenvalue weighted by Gasteiger charge is 2.45. The Labute approximate surface area is 187 Å². The molecule has 30 heavy (non-hydrogen) atoms. The molecule has 0 radical (unpaired) electrons. The molecule has 0 spiro atoms. The number of hydrogen-bond donors (Lipinski definition) is 1. The van der Waals surface area contributed by atoms with E-state index in [1.807, 2.05) is 18.2 Å². The fourth-order valence-electron chi connectivity index (χ4n) is 4.64. The number of hydrogen-bond acceptors (Lipinski definition) is 2. The highest BCUT2D eigenvalue weighted by Crippen LogP contribution is 2.32. The molecule has 1 heterocycles. The first-order chi connectivity index (χ1) is 14.3. The van der Waals surface area contributed by atoms with Crippen molar-refractivity contribution in [2.45, 2.75) is 51.7 Å². The van der Waals surface area contributed by atoms with Crippen molar-refractivity contribution in [3.05, 3.63) is 69.2 Å². The minimum Gasteiger partial charge on any atom is -0.342 e. The van der Waals surface area contributed by atoms with Gasteiger partial charge in [0, 0.05) is 6.54 Å². The summed E-state index contributed by atoms with van der Waals surface area (Å²) in [7, 11) is 0. The third-order valence-corrected chi connectivity index (χ3v) is 6.85. The van der Waals surface area contributed by atoms with Gasteiger partial charge in [0.1, 0.15) is 12.1 Å². The molecule has 6 heteroatoms. The van der Waals surface area contributed by atoms with Crippen LogP contribution in [0, 0.1) is 11.8 Å². The lowest BCUT2D eigenvalue weighted by Gasteiger charge is -2.41. The van der Waals surface area contributed by atoms with Gasteiger partial charge in [0.05, 0.1) is 10.0 Å². The van der Waals surface area contributed by atoms with Gasteiger partial charge in [-0.15, -0.1) is 0 Å². The molecular weight excluding hydrogens is 419 g/mol. The second kappa shape index (κ2) is 8.60. The highest BCUT2D eigenvalue weighted by molar-refractivity contribution is 6.42. The molecule has 2 aliphatic rings. The van der Waals surface area contributed by atoms with Crippen molar-refractivity contribution >= 4 is 35.0 Å². The molecule has 0 aromatic heterocycles. The molecule has 4 nitrogen and oxygen atoms in total. The van der Waals surface area contributed by atoms with Crippen molar-refractivity contribution in [2.75, 3.05) is 0 Å². The normalized spacial score (nSPS) is 21.8. The van der Waals surface area contributed by atoms with Gasteiger partial charge in [0.25, 0.3) is 0 Å². The van der Waals surface area contributed by atoms with E-state index in [1.54, 1.807) is 17.0 Å². The van der Waals surface area contributed by atoms with Gasteiger partial charge in [-0.05, 0) is 59.9 Å². The van der Waals surface area contributed by atoms with Crippen LogP contribution in [0.25, 0.3) is 0 Å². The Morgan fingerprint density at radius 3 is 2.30 bits per heavy atom. The van der Waals surface area contributed by atoms with Crippen molar-refractivity contribution in [3.63, 3.8) is 0 Å². The summed E-state index contributed by atoms with van der Waals surface area (Å²) in [5.74, 6) is 0.292. The van der Waals surface area contributed by atoms with E-state index in [4.69, 9.17) is 23.2 Å². The monoisotopic (exact) mass is 444 g/mol. The van der Waals surface area contributed by atoms with Crippen LogP contribution in [-0.2, 0) is 29.0 Å². The van der Waals surface area contributed by atoms with E-state index in [2.05, 4.69) is 31.3 Å². The third-order valence-electron chi connectivity index (χ3n) is 6.11. The number of rotatable bonds is 5. The molecule has 0 bridgehead atoms. The van der Waals surface area contributed by atoms with Gasteiger partial charge in [0.2, 0.25) is 11.8 Å². The molecule has 1 saturated heterocycles. The van der Waals surface area contributed by atoms with Crippen molar-refractivity contribution in [1.29, 1.82) is 0 Å². The van der Waals surface area contributed by atoms with Crippen LogP contribution in [0.4, 0.5) is 0 Å². The molecule has 2 aromatic rings. The third kappa shape index (κ3) is 4.21. The van der Waals surface area contributed by atoms with Crippen LogP contribution in [0.1, 0.15) is 37.0 Å². The molecule has 2 atom stereocenters. The summed E-state index contributed by atoms with van der Waals surface area (Å²) >= 11 is 12.2. The molecule has 2 amide bonds. The summed E-state index contributed by atoms with van der Waals surface area (Å²) < 4.78 is 0. The predicted octanol–water partition coefficient (Wildman–Crippen LogP) is 4.65. The van der Waals surface area contributed by atoms with Crippen LogP contribution < -0.4 is 5.32 Å². The standard InChI is InChI=1S/C24H26Cl2N2O2/c1-14(2)9-21-23(29)27-22(18-11-16-5-3-4-6-17(16)12-18)24(30)28(21)13-15-7-8-19(25)20(26)10-15/h3-8,10,14,18,21-22H,9,11-13H2,1-2H3,(H,27,29)/t21-,22-/m1/s1. The van der Waals surface area contributed by atoms with E-state index in [9.17, 15) is 9.59 Å². The molecule has 4 rings (SSSR count). The maximum absolute atomic E-state index is 13.6. The number of nitrogens with zero attached hydrogens (tertiary/aromatic N) is 1. The maximum Gasteiger partial charge on any atom is 0.246 e. The summed E-state index contributed by atoms with van der Waals surface area (Å²) in [5.41, 5.74) is 3.41. The van der Waals surface area contributed by atoms with Gasteiger partial charge in [-0.25, -0.2) is 0 Å². The molecule has 1 aliphatic heterocycles. The van der Waals surface area contributed by atoms with Gasteiger partial charge in [-0.3, -0.25) is 9.59 Å². The molecule has 0 unspecified atom stereocenters. The highest BCUT2D eigenvalue weighted by atomic mass is 35.5. The second-order valence-corrected chi connectivity index (χ2v) is 9.60. The van der Waals surface area contributed by atoms with Gasteiger partial charge >= 0.3 is 0 Å². The van der Waals surface area contributed by atoms with Crippen LogP contribution in [-0.4, -0.2) is 28.8 Å². The molecule has 1 fully saturated rings. The lowest BCUT2D eigenvalue weighted by Crippen LogP contribution is -2.65. The fraction of sp³-hybridized carbons (Fsp3) is 0.417. The van der Waals surface area contributed by atoms with Gasteiger partial charge in [0.15, 0.2) is 0 Å². The first-order valence-electron chi connectivity index (χ1n) is 10.4. The number of carbonyl (C=O) groups excluding carboxylic acids is 2. The molecular formula is C24H26Cl2N2O2. The average Bonchev–Trinajstić information content (AvgIpc) is 3.13. The number of benzene rings is 2. The Morgan fingerprint density at radius 2 is 1.70 bits per heavy atom. The van der Waals surface area contributed by atoms with E-state index in [1.165, 1.54) is 11.1 Å². The predicted molar refractivity (Wildman–Crippen MR) is 120 cm³/mol. The number of nitrogens with one attached hydrogen (secondary N) is 1. The van der Waals surface area contributed by atoms with Crippen molar-refractivity contribution in [1.82, 2.24) is 10.2 Å². The Hall–Kier alpha value is -2.04. The first kappa shape index (κ1) is 21.2. The smallest absolute Gasteiger partial charge is 0.246 e. The fourth-order valence-corrected chi connectivity index (χ4v) is 4.96. The minimum atomic E-state index is -0.504. The Bertz CT molecular complexity index is 950. The van der Waals surface area contributed by atoms with E-state index in [-0.39, 0.29) is 23.7 Å². The Kier molecular flexibility index (Phi) is 6.08. The van der Waals surface area contributed by atoms with Gasteiger partial charge in [-0.2, -0.15) is 0 Å². The largest absolute Gasteiger partial charge is 0.342 e. The van der Waals surface area contributed by atoms with Crippen LogP contribution in [0.5, 0.6) is 0 Å². The number of carbonyl (C=O) groups is 2. The number of piperazine rings is 1. The SMILES string of the molecule is CC(C)C[C@@H]1C(=O)N[C@H](C2Cc3ccccc3C2)C(=O)N1Cc1ccc(Cl)c(Cl)c1. The van der Waals surface area contributed by atoms with Crippen LogP contribution in [0.15, 0.2) is 42.5 Å². The van der Waals surface area contributed by atoms with Crippen molar-refractivity contribution in [2.24, 2.45) is 11.8 Å². The summed E-state index contributed by atoms with van der Waals surface area (Å²) in [6.45, 7) is 4.47. The Morgan fingerprint density at radius 1 is 1.03 bits per heavy atom. The summed E-state index contributed by atoms with van der Waals surface area (Å²) in [6, 6.07) is 12.7. The lowest BCUT2D eigenvalue weighted by molar-refractivity contribution is -0.152. The van der Waals surface area contributed by atoms with Gasteiger partial charge in [-0.1, -0.05) is 67.4 Å². The number of amides is 2. The lowest BCUT2D eigenvalue weighted by atomic mass is 9.90. The zero-order valence-corrected chi connectivity index (χ0v) is 18.7. The zero-order chi connectivity index (χ0) is 21.4. The molecule has 1 N–H and O–H groups in total. The van der Waals surface area contributed by atoms with Crippen LogP contribution in [0.2, 0.25) is 10.0 Å². The van der Waals surface area contributed by atoms with E-state index in [0.717, 1.165) is 18.4 Å². The van der Waals surface area contributed by atoms with Crippen molar-refractivity contribution in [3.8, 4) is 0 Å². The number of fused-ring (bicyclic) bond motifs is 1. The average molecular weight is 445 g/mol. The zero-order valence-electron chi connectivity index (χ0n) is 17.2. The maximum atomic E-state index is 13.6. The molecule has 0 saturated carbocycles. The summed E-state index contributed by atoms with van der Waals surface area (Å²) in [6.07, 6.45) is 2.24. The summed E-state index contributed by atoms with van der Waals surface area (Å²) in [5, 5.41) is 3.98. The van der Waals surface area contributed by atoms with Crippen molar-refractivity contribution < 1.29 is 9.59 Å². The second-order valence-electron chi connectivity index (χ2n) is 8.78. The van der Waals surface area contributed by atoms with E-state index in [0.29, 0.717) is 23.0 Å². The molecule has 1 aliphatic carbocycles. The minimum absolute atomic E-state index is 0.0101. The van der Waals surface area contributed by atoms with E-state index >= 15 is 0 Å². The quantitative estimate of drug-likeness (QED) is 0.729. The summed E-state index contributed by atoms with van der Waals surface area (Å²) in [4.78, 5) is 28.4. The topological polar surface area (TPSA) is 49.4 Å². The van der Waals surface area contributed by atoms with Crippen LogP contribution in [0.3, 0.4) is 0 Å². The van der Waals surface area contributed by atoms with Crippen LogP contribution >= 0.6 is 23.2 Å². The van der Waals surface area contributed by atoms with E-state index < -0.39 is 12.1 Å². The number of halogens is 2. The first-order valence-corrected chi connectivity index (χ1v) is 11.2. The Balaban J connectivity index is 1.60. The molecule has 158 valence electrons.